The summed E-state index contributed by atoms with van der Waals surface area (Å²) in [6.45, 7) is 5.23. The highest BCUT2D eigenvalue weighted by Gasteiger charge is 2.05. The molecule has 1 atom stereocenters. The molecular formula is C18H25IN4O. The number of rotatable bonds is 7. The summed E-state index contributed by atoms with van der Waals surface area (Å²) in [7, 11) is 0. The van der Waals surface area contributed by atoms with Gasteiger partial charge in [-0.3, -0.25) is 4.98 Å². The molecule has 3 N–H and O–H groups in total. The van der Waals surface area contributed by atoms with Crippen LogP contribution in [0.15, 0.2) is 53.7 Å². The van der Waals surface area contributed by atoms with E-state index in [2.05, 4.69) is 15.3 Å². The summed E-state index contributed by atoms with van der Waals surface area (Å²) in [6.07, 6.45) is 2.57. The largest absolute Gasteiger partial charge is 0.489 e. The third-order valence-corrected chi connectivity index (χ3v) is 3.35. The van der Waals surface area contributed by atoms with E-state index < -0.39 is 0 Å². The summed E-state index contributed by atoms with van der Waals surface area (Å²) >= 11 is 0. The lowest BCUT2D eigenvalue weighted by Gasteiger charge is -2.15. The van der Waals surface area contributed by atoms with Gasteiger partial charge in [-0.15, -0.1) is 24.0 Å². The van der Waals surface area contributed by atoms with E-state index in [0.29, 0.717) is 19.0 Å². The SMILES string of the molecule is Cc1ccccc1OC(C)CN=C(N)NCCc1ccccn1.I. The van der Waals surface area contributed by atoms with Crippen LogP contribution in [-0.2, 0) is 6.42 Å². The number of guanidine groups is 1. The average Bonchev–Trinajstić information content (AvgIpc) is 2.56. The molecule has 1 aromatic heterocycles. The maximum Gasteiger partial charge on any atom is 0.188 e. The number of halogens is 1. The van der Waals surface area contributed by atoms with Gasteiger partial charge >= 0.3 is 0 Å². The third kappa shape index (κ3) is 7.16. The molecule has 24 heavy (non-hydrogen) atoms. The third-order valence-electron chi connectivity index (χ3n) is 3.35. The van der Waals surface area contributed by atoms with Gasteiger partial charge in [-0.1, -0.05) is 24.3 Å². The number of ether oxygens (including phenoxy) is 1. The Hall–Kier alpha value is -1.83. The Kier molecular flexibility index (Phi) is 9.14. The minimum atomic E-state index is -0.0350. The molecular weight excluding hydrogens is 415 g/mol. The average molecular weight is 440 g/mol. The molecule has 2 aromatic rings. The van der Waals surface area contributed by atoms with Crippen molar-refractivity contribution >= 4 is 29.9 Å². The first kappa shape index (κ1) is 20.2. The van der Waals surface area contributed by atoms with Crippen molar-refractivity contribution in [2.45, 2.75) is 26.4 Å². The van der Waals surface area contributed by atoms with E-state index in [9.17, 15) is 0 Å². The molecule has 0 bridgehead atoms. The van der Waals surface area contributed by atoms with Gasteiger partial charge in [-0.05, 0) is 37.6 Å². The second kappa shape index (κ2) is 10.9. The lowest BCUT2D eigenvalue weighted by molar-refractivity contribution is 0.229. The molecule has 1 heterocycles. The molecule has 0 aliphatic carbocycles. The monoisotopic (exact) mass is 440 g/mol. The van der Waals surface area contributed by atoms with Crippen LogP contribution in [0.3, 0.4) is 0 Å². The van der Waals surface area contributed by atoms with E-state index in [1.807, 2.05) is 56.3 Å². The first-order valence-corrected chi connectivity index (χ1v) is 7.81. The highest BCUT2D eigenvalue weighted by Crippen LogP contribution is 2.17. The van der Waals surface area contributed by atoms with Gasteiger partial charge in [-0.25, -0.2) is 4.99 Å². The lowest BCUT2D eigenvalue weighted by Crippen LogP contribution is -2.34. The maximum atomic E-state index is 5.87. The molecule has 2 rings (SSSR count). The van der Waals surface area contributed by atoms with Crippen LogP contribution in [0.4, 0.5) is 0 Å². The summed E-state index contributed by atoms with van der Waals surface area (Å²) in [5.41, 5.74) is 8.02. The number of benzene rings is 1. The van der Waals surface area contributed by atoms with Crippen molar-refractivity contribution in [2.24, 2.45) is 10.7 Å². The summed E-state index contributed by atoms with van der Waals surface area (Å²) < 4.78 is 5.87. The lowest BCUT2D eigenvalue weighted by atomic mass is 10.2. The second-order valence-corrected chi connectivity index (χ2v) is 5.42. The number of nitrogens with two attached hydrogens (primary N) is 1. The quantitative estimate of drug-likeness (QED) is 0.395. The van der Waals surface area contributed by atoms with Crippen molar-refractivity contribution in [3.8, 4) is 5.75 Å². The summed E-state index contributed by atoms with van der Waals surface area (Å²) in [5, 5.41) is 3.09. The van der Waals surface area contributed by atoms with Gasteiger partial charge in [0.1, 0.15) is 11.9 Å². The van der Waals surface area contributed by atoms with Crippen LogP contribution in [0, 0.1) is 6.92 Å². The van der Waals surface area contributed by atoms with E-state index in [-0.39, 0.29) is 30.1 Å². The Morgan fingerprint density at radius 1 is 1.25 bits per heavy atom. The van der Waals surface area contributed by atoms with Gasteiger partial charge < -0.3 is 15.8 Å². The number of nitrogens with one attached hydrogen (secondary N) is 1. The Labute approximate surface area is 160 Å². The van der Waals surface area contributed by atoms with Crippen molar-refractivity contribution in [1.82, 2.24) is 10.3 Å². The van der Waals surface area contributed by atoms with E-state index in [4.69, 9.17) is 10.5 Å². The highest BCUT2D eigenvalue weighted by atomic mass is 127. The number of aliphatic imine (C=N–C) groups is 1. The van der Waals surface area contributed by atoms with Crippen LogP contribution in [0.1, 0.15) is 18.2 Å². The predicted molar refractivity (Wildman–Crippen MR) is 109 cm³/mol. The predicted octanol–water partition coefficient (Wildman–Crippen LogP) is 2.92. The fourth-order valence-corrected chi connectivity index (χ4v) is 2.09. The molecule has 5 nitrogen and oxygen atoms in total. The van der Waals surface area contributed by atoms with Gasteiger partial charge in [0.25, 0.3) is 0 Å². The Morgan fingerprint density at radius 2 is 2.00 bits per heavy atom. The number of nitrogens with zero attached hydrogens (tertiary/aromatic N) is 2. The number of aromatic nitrogens is 1. The number of aryl methyl sites for hydroxylation is 1. The molecule has 1 aromatic carbocycles. The van der Waals surface area contributed by atoms with Crippen LogP contribution in [0.25, 0.3) is 0 Å². The Bertz CT molecular complexity index is 634. The van der Waals surface area contributed by atoms with Crippen molar-refractivity contribution in [2.75, 3.05) is 13.1 Å². The van der Waals surface area contributed by atoms with E-state index in [1.54, 1.807) is 6.20 Å². The fourth-order valence-electron chi connectivity index (χ4n) is 2.09. The molecule has 0 aliphatic rings. The molecule has 0 spiro atoms. The topological polar surface area (TPSA) is 72.5 Å². The van der Waals surface area contributed by atoms with Crippen LogP contribution >= 0.6 is 24.0 Å². The van der Waals surface area contributed by atoms with Crippen molar-refractivity contribution in [3.63, 3.8) is 0 Å². The zero-order valence-electron chi connectivity index (χ0n) is 14.1. The van der Waals surface area contributed by atoms with Gasteiger partial charge in [0.05, 0.1) is 6.54 Å². The van der Waals surface area contributed by atoms with E-state index in [0.717, 1.165) is 23.4 Å². The standard InChI is InChI=1S/C18H24N4O.HI/c1-14-7-3-4-9-17(14)23-15(2)13-22-18(19)21-12-10-16-8-5-6-11-20-16;/h3-9,11,15H,10,12-13H2,1-2H3,(H3,19,21,22);1H. The number of hydrogen-bond donors (Lipinski definition) is 2. The number of pyridine rings is 1. The van der Waals surface area contributed by atoms with Crippen molar-refractivity contribution < 1.29 is 4.74 Å². The molecule has 0 saturated heterocycles. The van der Waals surface area contributed by atoms with Gasteiger partial charge in [0, 0.05) is 24.9 Å². The first-order valence-electron chi connectivity index (χ1n) is 7.81. The number of para-hydroxylation sites is 1. The molecule has 0 fully saturated rings. The van der Waals surface area contributed by atoms with E-state index in [1.165, 1.54) is 0 Å². The molecule has 0 amide bonds. The molecule has 130 valence electrons. The highest BCUT2D eigenvalue weighted by molar-refractivity contribution is 14.0. The maximum absolute atomic E-state index is 5.87. The van der Waals surface area contributed by atoms with Crippen molar-refractivity contribution in [1.29, 1.82) is 0 Å². The molecule has 0 radical (unpaired) electrons. The fraction of sp³-hybridized carbons (Fsp3) is 0.333. The van der Waals surface area contributed by atoms with Gasteiger partial charge in [-0.2, -0.15) is 0 Å². The zero-order chi connectivity index (χ0) is 16.5. The molecule has 0 aliphatic heterocycles. The molecule has 0 saturated carbocycles. The summed E-state index contributed by atoms with van der Waals surface area (Å²) in [6, 6.07) is 13.8. The first-order chi connectivity index (χ1) is 11.1. The van der Waals surface area contributed by atoms with Crippen LogP contribution in [0.2, 0.25) is 0 Å². The zero-order valence-corrected chi connectivity index (χ0v) is 16.4. The molecule has 1 unspecified atom stereocenters. The minimum Gasteiger partial charge on any atom is -0.489 e. The number of hydrogen-bond acceptors (Lipinski definition) is 3. The van der Waals surface area contributed by atoms with E-state index >= 15 is 0 Å². The van der Waals surface area contributed by atoms with Crippen LogP contribution in [0.5, 0.6) is 5.75 Å². The normalized spacial score (nSPS) is 12.2. The Balaban J connectivity index is 0.00000288. The van der Waals surface area contributed by atoms with Crippen molar-refractivity contribution in [3.05, 3.63) is 59.9 Å². The van der Waals surface area contributed by atoms with Gasteiger partial charge in [0.15, 0.2) is 5.96 Å². The van der Waals surface area contributed by atoms with Gasteiger partial charge in [0.2, 0.25) is 0 Å². The summed E-state index contributed by atoms with van der Waals surface area (Å²) in [4.78, 5) is 8.58. The smallest absolute Gasteiger partial charge is 0.188 e. The second-order valence-electron chi connectivity index (χ2n) is 5.42. The molecule has 6 heteroatoms. The summed E-state index contributed by atoms with van der Waals surface area (Å²) in [5.74, 6) is 1.32. The van der Waals surface area contributed by atoms with Crippen LogP contribution < -0.4 is 15.8 Å². The minimum absolute atomic E-state index is 0. The van der Waals surface area contributed by atoms with Crippen LogP contribution in [-0.4, -0.2) is 30.1 Å². The Morgan fingerprint density at radius 3 is 2.71 bits per heavy atom.